The van der Waals surface area contributed by atoms with Crippen LogP contribution in [0.3, 0.4) is 0 Å². The van der Waals surface area contributed by atoms with Crippen molar-refractivity contribution in [1.29, 1.82) is 0 Å². The van der Waals surface area contributed by atoms with E-state index >= 15 is 0 Å². The van der Waals surface area contributed by atoms with E-state index in [1.54, 1.807) is 13.1 Å². The third-order valence-corrected chi connectivity index (χ3v) is 2.19. The molecule has 16 heavy (non-hydrogen) atoms. The molecule has 0 saturated heterocycles. The van der Waals surface area contributed by atoms with Crippen molar-refractivity contribution >= 4 is 5.69 Å². The Labute approximate surface area is 92.3 Å². The summed E-state index contributed by atoms with van der Waals surface area (Å²) in [4.78, 5) is 1.38. The highest BCUT2D eigenvalue weighted by atomic mass is 19.1. The van der Waals surface area contributed by atoms with Crippen LogP contribution in [-0.2, 0) is 13.6 Å². The van der Waals surface area contributed by atoms with Gasteiger partial charge in [-0.25, -0.2) is 4.39 Å². The van der Waals surface area contributed by atoms with E-state index in [0.29, 0.717) is 12.4 Å². The molecule has 1 heterocycles. The largest absolute Gasteiger partial charge is 0.377 e. The normalized spacial score (nSPS) is 10.4. The quantitative estimate of drug-likeness (QED) is 0.848. The standard InChI is InChI=1S/C10H12FN5/c1-7-3-4-8(11)5-9(7)12-6-10-13-15-16(2)14-10/h3-5,12H,6H2,1-2H3. The number of hydrogen-bond donors (Lipinski definition) is 1. The van der Waals surface area contributed by atoms with Gasteiger partial charge in [0, 0.05) is 5.69 Å². The van der Waals surface area contributed by atoms with Crippen molar-refractivity contribution in [2.45, 2.75) is 13.5 Å². The smallest absolute Gasteiger partial charge is 0.193 e. The lowest BCUT2D eigenvalue weighted by Gasteiger charge is -2.06. The van der Waals surface area contributed by atoms with Gasteiger partial charge < -0.3 is 5.32 Å². The van der Waals surface area contributed by atoms with Crippen LogP contribution in [0.25, 0.3) is 0 Å². The minimum Gasteiger partial charge on any atom is -0.377 e. The molecule has 1 aromatic heterocycles. The first-order valence-corrected chi connectivity index (χ1v) is 4.88. The molecule has 0 saturated carbocycles. The highest BCUT2D eigenvalue weighted by Gasteiger charge is 2.03. The molecule has 2 aromatic rings. The first-order chi connectivity index (χ1) is 7.65. The van der Waals surface area contributed by atoms with Gasteiger partial charge >= 0.3 is 0 Å². The molecule has 0 unspecified atom stereocenters. The number of nitrogens with one attached hydrogen (secondary N) is 1. The number of nitrogens with zero attached hydrogens (tertiary/aromatic N) is 4. The third kappa shape index (κ3) is 2.33. The zero-order valence-corrected chi connectivity index (χ0v) is 9.11. The van der Waals surface area contributed by atoms with E-state index in [0.717, 1.165) is 11.3 Å². The minimum absolute atomic E-state index is 0.264. The predicted molar refractivity (Wildman–Crippen MR) is 57.3 cm³/mol. The first kappa shape index (κ1) is 10.5. The van der Waals surface area contributed by atoms with Crippen LogP contribution < -0.4 is 5.32 Å². The van der Waals surface area contributed by atoms with Crippen molar-refractivity contribution in [3.63, 3.8) is 0 Å². The molecule has 5 nitrogen and oxygen atoms in total. The highest BCUT2D eigenvalue weighted by molar-refractivity contribution is 5.50. The summed E-state index contributed by atoms with van der Waals surface area (Å²) in [5, 5.41) is 14.6. The molecule has 6 heteroatoms. The summed E-state index contributed by atoms with van der Waals surface area (Å²) < 4.78 is 13.0. The third-order valence-electron chi connectivity index (χ3n) is 2.19. The average molecular weight is 221 g/mol. The van der Waals surface area contributed by atoms with Gasteiger partial charge in [0.05, 0.1) is 13.6 Å². The molecule has 84 valence electrons. The van der Waals surface area contributed by atoms with Crippen LogP contribution in [0.5, 0.6) is 0 Å². The maximum absolute atomic E-state index is 13.0. The van der Waals surface area contributed by atoms with Gasteiger partial charge in [0.1, 0.15) is 5.82 Å². The molecule has 0 aliphatic carbocycles. The van der Waals surface area contributed by atoms with E-state index in [1.807, 2.05) is 6.92 Å². The SMILES string of the molecule is Cc1ccc(F)cc1NCc1nnn(C)n1. The van der Waals surface area contributed by atoms with E-state index in [1.165, 1.54) is 16.9 Å². The van der Waals surface area contributed by atoms with Gasteiger partial charge in [0.2, 0.25) is 0 Å². The van der Waals surface area contributed by atoms with Crippen LogP contribution in [0, 0.1) is 12.7 Å². The Bertz CT molecular complexity index is 494. The fourth-order valence-corrected chi connectivity index (χ4v) is 1.35. The molecule has 1 N–H and O–H groups in total. The minimum atomic E-state index is -0.264. The summed E-state index contributed by atoms with van der Waals surface area (Å²) in [5.41, 5.74) is 1.72. The average Bonchev–Trinajstić information content (AvgIpc) is 2.66. The predicted octanol–water partition coefficient (Wildman–Crippen LogP) is 1.27. The molecular weight excluding hydrogens is 209 g/mol. The lowest BCUT2D eigenvalue weighted by atomic mass is 10.2. The summed E-state index contributed by atoms with van der Waals surface area (Å²) in [5.74, 6) is 0.311. The molecule has 0 bridgehead atoms. The Kier molecular flexibility index (Phi) is 2.80. The fourth-order valence-electron chi connectivity index (χ4n) is 1.35. The number of benzene rings is 1. The monoisotopic (exact) mass is 221 g/mol. The van der Waals surface area contributed by atoms with Crippen molar-refractivity contribution < 1.29 is 4.39 Å². The molecule has 0 aliphatic rings. The fraction of sp³-hybridized carbons (Fsp3) is 0.300. The number of aromatic nitrogens is 4. The maximum Gasteiger partial charge on any atom is 0.193 e. The van der Waals surface area contributed by atoms with E-state index in [2.05, 4.69) is 20.7 Å². The summed E-state index contributed by atoms with van der Waals surface area (Å²) in [6, 6.07) is 4.61. The molecule has 0 fully saturated rings. The van der Waals surface area contributed by atoms with E-state index in [4.69, 9.17) is 0 Å². The highest BCUT2D eigenvalue weighted by Crippen LogP contribution is 2.16. The molecule has 0 atom stereocenters. The van der Waals surface area contributed by atoms with E-state index < -0.39 is 0 Å². The Morgan fingerprint density at radius 2 is 2.25 bits per heavy atom. The second-order valence-electron chi connectivity index (χ2n) is 3.51. The number of rotatable bonds is 3. The number of aryl methyl sites for hydroxylation is 2. The van der Waals surface area contributed by atoms with Gasteiger partial charge in [-0.3, -0.25) is 0 Å². The zero-order valence-electron chi connectivity index (χ0n) is 9.11. The maximum atomic E-state index is 13.0. The van der Waals surface area contributed by atoms with Crippen molar-refractivity contribution in [3.8, 4) is 0 Å². The summed E-state index contributed by atoms with van der Waals surface area (Å²) in [6.45, 7) is 2.34. The van der Waals surface area contributed by atoms with Crippen molar-refractivity contribution in [2.24, 2.45) is 7.05 Å². The molecule has 0 aliphatic heterocycles. The molecule has 0 spiro atoms. The zero-order chi connectivity index (χ0) is 11.5. The van der Waals surface area contributed by atoms with Gasteiger partial charge in [0.25, 0.3) is 0 Å². The molecular formula is C10H12FN5. The van der Waals surface area contributed by atoms with Crippen molar-refractivity contribution in [3.05, 3.63) is 35.4 Å². The Morgan fingerprint density at radius 3 is 2.94 bits per heavy atom. The summed E-state index contributed by atoms with van der Waals surface area (Å²) in [7, 11) is 1.70. The Hall–Kier alpha value is -1.98. The van der Waals surface area contributed by atoms with Gasteiger partial charge in [-0.1, -0.05) is 6.07 Å². The van der Waals surface area contributed by atoms with Crippen LogP contribution in [0.4, 0.5) is 10.1 Å². The summed E-state index contributed by atoms with van der Waals surface area (Å²) >= 11 is 0. The van der Waals surface area contributed by atoms with Gasteiger partial charge in [-0.2, -0.15) is 4.80 Å². The second-order valence-corrected chi connectivity index (χ2v) is 3.51. The van der Waals surface area contributed by atoms with Crippen molar-refractivity contribution in [2.75, 3.05) is 5.32 Å². The molecule has 1 aromatic carbocycles. The van der Waals surface area contributed by atoms with Crippen LogP contribution in [0.15, 0.2) is 18.2 Å². The molecule has 0 radical (unpaired) electrons. The summed E-state index contributed by atoms with van der Waals surface area (Å²) in [6.07, 6.45) is 0. The van der Waals surface area contributed by atoms with Crippen molar-refractivity contribution in [1.82, 2.24) is 20.2 Å². The van der Waals surface area contributed by atoms with Gasteiger partial charge in [0.15, 0.2) is 5.82 Å². The van der Waals surface area contributed by atoms with E-state index in [-0.39, 0.29) is 5.82 Å². The number of halogens is 1. The number of hydrogen-bond acceptors (Lipinski definition) is 4. The topological polar surface area (TPSA) is 55.6 Å². The van der Waals surface area contributed by atoms with Crippen LogP contribution >= 0.6 is 0 Å². The van der Waals surface area contributed by atoms with Gasteiger partial charge in [-0.05, 0) is 29.8 Å². The van der Waals surface area contributed by atoms with Gasteiger partial charge in [-0.15, -0.1) is 10.2 Å². The lowest BCUT2D eigenvalue weighted by Crippen LogP contribution is -2.03. The lowest BCUT2D eigenvalue weighted by molar-refractivity contribution is 0.626. The number of anilines is 1. The van der Waals surface area contributed by atoms with Crippen LogP contribution in [0.1, 0.15) is 11.4 Å². The molecule has 2 rings (SSSR count). The molecule has 0 amide bonds. The second kappa shape index (κ2) is 4.26. The van der Waals surface area contributed by atoms with Crippen LogP contribution in [0.2, 0.25) is 0 Å². The van der Waals surface area contributed by atoms with E-state index in [9.17, 15) is 4.39 Å². The first-order valence-electron chi connectivity index (χ1n) is 4.88. The Balaban J connectivity index is 2.07. The number of tetrazole rings is 1. The Morgan fingerprint density at radius 1 is 1.44 bits per heavy atom. The van der Waals surface area contributed by atoms with Crippen LogP contribution in [-0.4, -0.2) is 20.2 Å².